The van der Waals surface area contributed by atoms with Crippen LogP contribution in [0, 0.1) is 0 Å². The molecule has 0 fully saturated rings. The number of Topliss-reactive ketones (excluding diaryl/α,β-unsaturated/α-hetero) is 1. The van der Waals surface area contributed by atoms with Gasteiger partial charge in [-0.05, 0) is 64.2 Å². The molecule has 0 spiro atoms. The predicted molar refractivity (Wildman–Crippen MR) is 120 cm³/mol. The van der Waals surface area contributed by atoms with Crippen molar-refractivity contribution in [2.75, 3.05) is 25.1 Å². The average Bonchev–Trinajstić information content (AvgIpc) is 2.70. The van der Waals surface area contributed by atoms with E-state index in [1.54, 1.807) is 36.4 Å². The van der Waals surface area contributed by atoms with E-state index in [0.717, 1.165) is 0 Å². The summed E-state index contributed by atoms with van der Waals surface area (Å²) >= 11 is 5.24. The lowest BCUT2D eigenvalue weighted by atomic mass is 10.1. The van der Waals surface area contributed by atoms with Crippen LogP contribution in [0.15, 0.2) is 36.4 Å². The lowest BCUT2D eigenvalue weighted by Crippen LogP contribution is -2.34. The average molecular weight is 431 g/mol. The standard InChI is InChI=1S/C22H26N2O5S/c1-5-27-18-12-16(13-19(28-6-2)20(18)29-7-3)21(26)24-22(30)23-17-10-8-9-15(11-17)14(4)25/h8-13H,5-7H2,1-4H3,(H2,23,24,26,30). The van der Waals surface area contributed by atoms with E-state index < -0.39 is 5.91 Å². The van der Waals surface area contributed by atoms with Crippen LogP contribution in [0.3, 0.4) is 0 Å². The summed E-state index contributed by atoms with van der Waals surface area (Å²) in [6.45, 7) is 8.27. The summed E-state index contributed by atoms with van der Waals surface area (Å²) in [5.74, 6) is 0.807. The molecule has 0 aromatic heterocycles. The second kappa shape index (κ2) is 11.2. The molecular weight excluding hydrogens is 404 g/mol. The summed E-state index contributed by atoms with van der Waals surface area (Å²) in [7, 11) is 0. The van der Waals surface area contributed by atoms with E-state index >= 15 is 0 Å². The number of anilines is 1. The Morgan fingerprint density at radius 2 is 1.50 bits per heavy atom. The second-order valence-electron chi connectivity index (χ2n) is 6.15. The molecule has 2 aromatic carbocycles. The van der Waals surface area contributed by atoms with Crippen LogP contribution in [0.25, 0.3) is 0 Å². The molecule has 2 rings (SSSR count). The predicted octanol–water partition coefficient (Wildman–Crippen LogP) is 4.21. The highest BCUT2D eigenvalue weighted by Crippen LogP contribution is 2.39. The van der Waals surface area contributed by atoms with Crippen LogP contribution in [0.5, 0.6) is 17.2 Å². The van der Waals surface area contributed by atoms with Crippen molar-refractivity contribution < 1.29 is 23.8 Å². The summed E-state index contributed by atoms with van der Waals surface area (Å²) in [5, 5.41) is 5.64. The van der Waals surface area contributed by atoms with Crippen LogP contribution in [0.1, 0.15) is 48.4 Å². The maximum Gasteiger partial charge on any atom is 0.257 e. The molecule has 0 unspecified atom stereocenters. The van der Waals surface area contributed by atoms with Gasteiger partial charge in [0.25, 0.3) is 5.91 Å². The number of nitrogens with one attached hydrogen (secondary N) is 2. The molecule has 0 bridgehead atoms. The Morgan fingerprint density at radius 1 is 0.900 bits per heavy atom. The number of carbonyl (C=O) groups excluding carboxylic acids is 2. The SMILES string of the molecule is CCOc1cc(C(=O)NC(=S)Nc2cccc(C(C)=O)c2)cc(OCC)c1OCC. The fourth-order valence-electron chi connectivity index (χ4n) is 2.67. The number of amides is 1. The topological polar surface area (TPSA) is 85.9 Å². The maximum atomic E-state index is 12.8. The highest BCUT2D eigenvalue weighted by Gasteiger charge is 2.19. The van der Waals surface area contributed by atoms with E-state index in [9.17, 15) is 9.59 Å². The number of carbonyl (C=O) groups is 2. The third-order valence-electron chi connectivity index (χ3n) is 3.93. The van der Waals surface area contributed by atoms with Crippen molar-refractivity contribution in [2.45, 2.75) is 27.7 Å². The normalized spacial score (nSPS) is 10.1. The van der Waals surface area contributed by atoms with Crippen molar-refractivity contribution in [3.63, 3.8) is 0 Å². The Labute approximate surface area is 181 Å². The van der Waals surface area contributed by atoms with Gasteiger partial charge in [0, 0.05) is 16.8 Å². The van der Waals surface area contributed by atoms with Crippen molar-refractivity contribution in [3.05, 3.63) is 47.5 Å². The maximum absolute atomic E-state index is 12.8. The largest absolute Gasteiger partial charge is 0.490 e. The Bertz CT molecular complexity index is 902. The number of ether oxygens (including phenoxy) is 3. The molecule has 0 aliphatic heterocycles. The summed E-state index contributed by atoms with van der Waals surface area (Å²) in [6.07, 6.45) is 0. The molecule has 0 radical (unpaired) electrons. The number of thiocarbonyl (C=S) groups is 1. The lowest BCUT2D eigenvalue weighted by Gasteiger charge is -2.17. The molecule has 1 amide bonds. The fourth-order valence-corrected chi connectivity index (χ4v) is 2.88. The monoisotopic (exact) mass is 430 g/mol. The van der Waals surface area contributed by atoms with Crippen molar-refractivity contribution in [1.82, 2.24) is 5.32 Å². The number of hydrogen-bond donors (Lipinski definition) is 2. The minimum absolute atomic E-state index is 0.0603. The van der Waals surface area contributed by atoms with Crippen LogP contribution >= 0.6 is 12.2 Å². The van der Waals surface area contributed by atoms with Gasteiger partial charge >= 0.3 is 0 Å². The molecular formula is C22H26N2O5S. The zero-order chi connectivity index (χ0) is 22.1. The molecule has 7 nitrogen and oxygen atoms in total. The van der Waals surface area contributed by atoms with Crippen molar-refractivity contribution in [1.29, 1.82) is 0 Å². The molecule has 0 aliphatic rings. The van der Waals surface area contributed by atoms with E-state index in [1.165, 1.54) is 6.92 Å². The summed E-state index contributed by atoms with van der Waals surface area (Å²) in [5.41, 5.74) is 1.46. The zero-order valence-corrected chi connectivity index (χ0v) is 18.4. The Morgan fingerprint density at radius 3 is 2.03 bits per heavy atom. The van der Waals surface area contributed by atoms with Crippen LogP contribution < -0.4 is 24.8 Å². The minimum Gasteiger partial charge on any atom is -0.490 e. The molecule has 0 saturated heterocycles. The van der Waals surface area contributed by atoms with Crippen molar-refractivity contribution in [3.8, 4) is 17.2 Å². The van der Waals surface area contributed by atoms with Gasteiger partial charge in [-0.2, -0.15) is 0 Å². The Hall–Kier alpha value is -3.13. The summed E-state index contributed by atoms with van der Waals surface area (Å²) in [4.78, 5) is 24.3. The van der Waals surface area contributed by atoms with Crippen LogP contribution in [-0.2, 0) is 0 Å². The van der Waals surface area contributed by atoms with Gasteiger partial charge < -0.3 is 19.5 Å². The van der Waals surface area contributed by atoms with E-state index in [1.807, 2.05) is 20.8 Å². The van der Waals surface area contributed by atoms with E-state index in [2.05, 4.69) is 10.6 Å². The third kappa shape index (κ3) is 6.18. The number of rotatable bonds is 9. The Kier molecular flexibility index (Phi) is 8.61. The molecule has 2 aromatic rings. The molecule has 30 heavy (non-hydrogen) atoms. The van der Waals surface area contributed by atoms with Gasteiger partial charge in [-0.3, -0.25) is 14.9 Å². The lowest BCUT2D eigenvalue weighted by molar-refractivity contribution is 0.0974. The summed E-state index contributed by atoms with van der Waals surface area (Å²) in [6, 6.07) is 10.0. The quantitative estimate of drug-likeness (QED) is 0.455. The van der Waals surface area contributed by atoms with Crippen LogP contribution in [0.2, 0.25) is 0 Å². The van der Waals surface area contributed by atoms with Crippen LogP contribution in [-0.4, -0.2) is 36.6 Å². The van der Waals surface area contributed by atoms with Gasteiger partial charge in [0.05, 0.1) is 19.8 Å². The number of ketones is 1. The first kappa shape index (κ1) is 23.2. The molecule has 0 aliphatic carbocycles. The smallest absolute Gasteiger partial charge is 0.257 e. The summed E-state index contributed by atoms with van der Waals surface area (Å²) < 4.78 is 16.9. The van der Waals surface area contributed by atoms with E-state index in [0.29, 0.717) is 53.9 Å². The van der Waals surface area contributed by atoms with Crippen LogP contribution in [0.4, 0.5) is 5.69 Å². The highest BCUT2D eigenvalue weighted by atomic mass is 32.1. The van der Waals surface area contributed by atoms with Gasteiger partial charge in [0.2, 0.25) is 5.75 Å². The van der Waals surface area contributed by atoms with Crippen molar-refractivity contribution >= 4 is 34.7 Å². The second-order valence-corrected chi connectivity index (χ2v) is 6.55. The van der Waals surface area contributed by atoms with Gasteiger partial charge in [0.15, 0.2) is 22.4 Å². The molecule has 0 atom stereocenters. The molecule has 0 heterocycles. The fraction of sp³-hybridized carbons (Fsp3) is 0.318. The Balaban J connectivity index is 2.21. The molecule has 2 N–H and O–H groups in total. The van der Waals surface area contributed by atoms with Crippen molar-refractivity contribution in [2.24, 2.45) is 0 Å². The highest BCUT2D eigenvalue weighted by molar-refractivity contribution is 7.80. The molecule has 160 valence electrons. The first-order valence-corrected chi connectivity index (χ1v) is 10.1. The first-order chi connectivity index (χ1) is 14.4. The molecule has 0 saturated carbocycles. The third-order valence-corrected chi connectivity index (χ3v) is 4.13. The first-order valence-electron chi connectivity index (χ1n) is 9.69. The van der Waals surface area contributed by atoms with Gasteiger partial charge in [-0.1, -0.05) is 12.1 Å². The zero-order valence-electron chi connectivity index (χ0n) is 17.5. The van der Waals surface area contributed by atoms with E-state index in [-0.39, 0.29) is 10.9 Å². The molecule has 8 heteroatoms. The van der Waals surface area contributed by atoms with Gasteiger partial charge in [-0.15, -0.1) is 0 Å². The number of benzene rings is 2. The number of hydrogen-bond acceptors (Lipinski definition) is 6. The van der Waals surface area contributed by atoms with Gasteiger partial charge in [0.1, 0.15) is 0 Å². The minimum atomic E-state index is -0.430. The van der Waals surface area contributed by atoms with Gasteiger partial charge in [-0.25, -0.2) is 0 Å². The van der Waals surface area contributed by atoms with E-state index in [4.69, 9.17) is 26.4 Å².